The maximum atomic E-state index is 11.0. The molecule has 1 nitrogen and oxygen atoms in total. The molecule has 0 saturated carbocycles. The van der Waals surface area contributed by atoms with Gasteiger partial charge in [-0.3, -0.25) is 4.79 Å². The average molecular weight is 217 g/mol. The smallest absolute Gasteiger partial charge is 0.233 e. The van der Waals surface area contributed by atoms with Crippen molar-refractivity contribution in [2.45, 2.75) is 52.4 Å². The summed E-state index contributed by atoms with van der Waals surface area (Å²) in [6, 6.07) is 5.90. The fourth-order valence-electron chi connectivity index (χ4n) is 2.07. The Morgan fingerprint density at radius 3 is 1.88 bits per heavy atom. The number of hydrogen-bond acceptors (Lipinski definition) is 1. The quantitative estimate of drug-likeness (QED) is 0.700. The van der Waals surface area contributed by atoms with E-state index in [0.29, 0.717) is 5.56 Å². The van der Waals surface area contributed by atoms with E-state index in [-0.39, 0.29) is 10.8 Å². The molecular formula is C15H21O. The largest absolute Gasteiger partial charge is 0.285 e. The maximum Gasteiger partial charge on any atom is 0.233 e. The second-order valence-corrected chi connectivity index (χ2v) is 6.33. The number of rotatable bonds is 1. The third-order valence-electron chi connectivity index (χ3n) is 2.73. The topological polar surface area (TPSA) is 17.1 Å². The predicted octanol–water partition coefficient (Wildman–Crippen LogP) is 3.74. The molecule has 0 bridgehead atoms. The monoisotopic (exact) mass is 217 g/mol. The van der Waals surface area contributed by atoms with Crippen molar-refractivity contribution in [3.05, 3.63) is 34.9 Å². The molecule has 0 fully saturated rings. The first kappa shape index (κ1) is 13.0. The fraction of sp³-hybridized carbons (Fsp3) is 0.533. The first-order valence-corrected chi connectivity index (χ1v) is 5.70. The zero-order chi connectivity index (χ0) is 12.6. The number of benzene rings is 1. The Balaban J connectivity index is 3.57. The van der Waals surface area contributed by atoms with Gasteiger partial charge in [-0.1, -0.05) is 59.7 Å². The van der Waals surface area contributed by atoms with E-state index in [1.807, 2.05) is 12.1 Å². The molecule has 0 atom stereocenters. The van der Waals surface area contributed by atoms with Gasteiger partial charge in [0.1, 0.15) is 0 Å². The molecule has 1 rings (SSSR count). The molecule has 1 aromatic rings. The van der Waals surface area contributed by atoms with Crippen LogP contribution in [-0.2, 0) is 15.6 Å². The van der Waals surface area contributed by atoms with Gasteiger partial charge in [0.15, 0.2) is 0 Å². The summed E-state index contributed by atoms with van der Waals surface area (Å²) in [5.74, 6) is 0. The molecule has 0 N–H and O–H groups in total. The van der Waals surface area contributed by atoms with Crippen molar-refractivity contribution in [2.75, 3.05) is 0 Å². The van der Waals surface area contributed by atoms with Crippen LogP contribution < -0.4 is 0 Å². The third-order valence-corrected chi connectivity index (χ3v) is 2.73. The van der Waals surface area contributed by atoms with Crippen LogP contribution in [0.15, 0.2) is 18.2 Å². The van der Waals surface area contributed by atoms with Crippen LogP contribution in [0.5, 0.6) is 0 Å². The lowest BCUT2D eigenvalue weighted by atomic mass is 9.73. The summed E-state index contributed by atoms with van der Waals surface area (Å²) in [7, 11) is 0. The van der Waals surface area contributed by atoms with E-state index < -0.39 is 0 Å². The minimum atomic E-state index is -0.0311. The van der Waals surface area contributed by atoms with Crippen molar-refractivity contribution in [3.63, 3.8) is 0 Å². The molecule has 0 heterocycles. The minimum Gasteiger partial charge on any atom is -0.285 e. The Morgan fingerprint density at radius 1 is 0.938 bits per heavy atom. The summed E-state index contributed by atoms with van der Waals surface area (Å²) >= 11 is 0. The van der Waals surface area contributed by atoms with Crippen molar-refractivity contribution in [2.24, 2.45) is 0 Å². The first-order chi connectivity index (χ1) is 7.18. The van der Waals surface area contributed by atoms with E-state index in [1.54, 1.807) is 0 Å². The molecular weight excluding hydrogens is 196 g/mol. The van der Waals surface area contributed by atoms with Crippen LogP contribution in [0.25, 0.3) is 0 Å². The van der Waals surface area contributed by atoms with E-state index in [4.69, 9.17) is 0 Å². The lowest BCUT2D eigenvalue weighted by molar-refractivity contribution is 0.525. The summed E-state index contributed by atoms with van der Waals surface area (Å²) in [6.07, 6.45) is 2.06. The van der Waals surface area contributed by atoms with Gasteiger partial charge in [-0.15, -0.1) is 0 Å². The molecule has 0 amide bonds. The Hall–Kier alpha value is -1.11. The molecule has 1 aromatic carbocycles. The van der Waals surface area contributed by atoms with Crippen molar-refractivity contribution < 1.29 is 4.79 Å². The highest BCUT2D eigenvalue weighted by atomic mass is 16.1. The Morgan fingerprint density at radius 2 is 1.50 bits per heavy atom. The highest BCUT2D eigenvalue weighted by Gasteiger charge is 2.27. The highest BCUT2D eigenvalue weighted by molar-refractivity contribution is 5.79. The molecule has 1 heteroatoms. The van der Waals surface area contributed by atoms with E-state index in [9.17, 15) is 4.79 Å². The van der Waals surface area contributed by atoms with Crippen LogP contribution >= 0.6 is 0 Å². The zero-order valence-electron chi connectivity index (χ0n) is 11.1. The van der Waals surface area contributed by atoms with Gasteiger partial charge in [0.05, 0.1) is 0 Å². The van der Waals surface area contributed by atoms with Crippen molar-refractivity contribution in [1.29, 1.82) is 0 Å². The molecule has 0 aromatic heterocycles. The molecule has 16 heavy (non-hydrogen) atoms. The van der Waals surface area contributed by atoms with Crippen LogP contribution in [-0.4, -0.2) is 6.29 Å². The molecule has 1 radical (unpaired) electrons. The Bertz CT molecular complexity index is 389. The zero-order valence-corrected chi connectivity index (χ0v) is 11.1. The Kier molecular flexibility index (Phi) is 3.27. The van der Waals surface area contributed by atoms with Gasteiger partial charge in [-0.05, 0) is 22.0 Å². The summed E-state index contributed by atoms with van der Waals surface area (Å²) in [4.78, 5) is 11.0. The van der Waals surface area contributed by atoms with Crippen LogP contribution in [0.2, 0.25) is 0 Å². The summed E-state index contributed by atoms with van der Waals surface area (Å²) in [5, 5.41) is 0. The van der Waals surface area contributed by atoms with Gasteiger partial charge in [0, 0.05) is 5.56 Å². The van der Waals surface area contributed by atoms with Crippen molar-refractivity contribution in [3.8, 4) is 0 Å². The molecule has 0 unspecified atom stereocenters. The molecule has 0 aliphatic rings. The van der Waals surface area contributed by atoms with E-state index in [0.717, 1.165) is 5.56 Å². The predicted molar refractivity (Wildman–Crippen MR) is 68.6 cm³/mol. The molecule has 0 aliphatic carbocycles. The van der Waals surface area contributed by atoms with Crippen LogP contribution in [0.4, 0.5) is 0 Å². The summed E-state index contributed by atoms with van der Waals surface area (Å²) < 4.78 is 0. The van der Waals surface area contributed by atoms with Gasteiger partial charge in [-0.2, -0.15) is 0 Å². The van der Waals surface area contributed by atoms with Crippen LogP contribution in [0.1, 0.15) is 58.2 Å². The Labute approximate surface area is 98.9 Å². The number of carbonyl (C=O) groups excluding carboxylic acids is 1. The van der Waals surface area contributed by atoms with E-state index in [1.165, 1.54) is 5.56 Å². The second kappa shape index (κ2) is 4.04. The molecule has 87 valence electrons. The average Bonchev–Trinajstić information content (AvgIpc) is 2.13. The molecule has 0 spiro atoms. The molecule has 0 aliphatic heterocycles. The van der Waals surface area contributed by atoms with Gasteiger partial charge in [0.2, 0.25) is 6.29 Å². The van der Waals surface area contributed by atoms with Gasteiger partial charge in [-0.25, -0.2) is 0 Å². The lowest BCUT2D eigenvalue weighted by Crippen LogP contribution is -2.23. The summed E-state index contributed by atoms with van der Waals surface area (Å²) in [6.45, 7) is 12.9. The normalized spacial score (nSPS) is 12.6. The lowest BCUT2D eigenvalue weighted by Gasteiger charge is -2.31. The van der Waals surface area contributed by atoms with Crippen LogP contribution in [0, 0.1) is 0 Å². The standard InChI is InChI=1S/C15H21O/c1-14(2,3)12-9-7-8-11(10-16)13(12)15(4,5)6/h7-9H,1-6H3. The first-order valence-electron chi connectivity index (χ1n) is 5.70. The highest BCUT2D eigenvalue weighted by Crippen LogP contribution is 2.35. The third kappa shape index (κ3) is 2.52. The van der Waals surface area contributed by atoms with Gasteiger partial charge >= 0.3 is 0 Å². The fourth-order valence-corrected chi connectivity index (χ4v) is 2.07. The summed E-state index contributed by atoms with van der Waals surface area (Å²) in [5.41, 5.74) is 3.07. The maximum absolute atomic E-state index is 11.0. The minimum absolute atomic E-state index is 0.0311. The molecule has 0 saturated heterocycles. The van der Waals surface area contributed by atoms with E-state index >= 15 is 0 Å². The van der Waals surface area contributed by atoms with Gasteiger partial charge in [0.25, 0.3) is 0 Å². The van der Waals surface area contributed by atoms with Crippen molar-refractivity contribution >= 4 is 6.29 Å². The SMILES string of the molecule is CC(C)(C)c1cccc([C]=O)c1C(C)(C)C. The number of hydrogen-bond donors (Lipinski definition) is 0. The second-order valence-electron chi connectivity index (χ2n) is 6.33. The van der Waals surface area contributed by atoms with Crippen LogP contribution in [0.3, 0.4) is 0 Å². The van der Waals surface area contributed by atoms with E-state index in [2.05, 4.69) is 53.9 Å². The van der Waals surface area contributed by atoms with Gasteiger partial charge < -0.3 is 0 Å². The van der Waals surface area contributed by atoms with Crippen molar-refractivity contribution in [1.82, 2.24) is 0 Å².